The summed E-state index contributed by atoms with van der Waals surface area (Å²) < 4.78 is 5.15. The van der Waals surface area contributed by atoms with Crippen LogP contribution in [0.25, 0.3) is 0 Å². The lowest BCUT2D eigenvalue weighted by Gasteiger charge is -2.09. The number of amides is 1. The summed E-state index contributed by atoms with van der Waals surface area (Å²) in [7, 11) is 1.62. The van der Waals surface area contributed by atoms with E-state index in [2.05, 4.69) is 15.6 Å². The Kier molecular flexibility index (Phi) is 6.72. The molecule has 23 heavy (non-hydrogen) atoms. The fraction of sp³-hybridized carbons (Fsp3) is 0.529. The molecule has 1 aromatic rings. The molecule has 0 aromatic heterocycles. The number of carbonyl (C=O) groups is 1. The molecule has 1 aromatic carbocycles. The Hall–Kier alpha value is -2.24. The van der Waals surface area contributed by atoms with Gasteiger partial charge in [0.2, 0.25) is 5.91 Å². The van der Waals surface area contributed by atoms with Crippen molar-refractivity contribution in [2.75, 3.05) is 25.5 Å². The molecule has 6 nitrogen and oxygen atoms in total. The highest BCUT2D eigenvalue weighted by atomic mass is 16.5. The molecule has 1 saturated carbocycles. The number of hydrogen-bond acceptors (Lipinski definition) is 3. The number of nitrogens with one attached hydrogen (secondary N) is 2. The Morgan fingerprint density at radius 2 is 2.17 bits per heavy atom. The van der Waals surface area contributed by atoms with Crippen LogP contribution in [-0.2, 0) is 4.79 Å². The van der Waals surface area contributed by atoms with Gasteiger partial charge in [0.25, 0.3) is 0 Å². The minimum Gasteiger partial charge on any atom is -0.497 e. The number of anilines is 1. The van der Waals surface area contributed by atoms with Crippen molar-refractivity contribution in [1.82, 2.24) is 5.32 Å². The average Bonchev–Trinajstić information content (AvgIpc) is 3.04. The standard InChI is InChI=1S/C17H26N4O2/c1-23-15-8-4-7-14(12-15)21-17(18)20-10-9-19-16(22)11-13-5-2-3-6-13/h4,7-8,12-13H,2-3,5-6,9-11H2,1H3,(H,19,22)(H3,18,20,21). The minimum absolute atomic E-state index is 0.117. The zero-order chi connectivity index (χ0) is 16.5. The first-order chi connectivity index (χ1) is 11.2. The smallest absolute Gasteiger partial charge is 0.220 e. The van der Waals surface area contributed by atoms with Crippen LogP contribution in [0.15, 0.2) is 29.3 Å². The van der Waals surface area contributed by atoms with Crippen LogP contribution in [0.5, 0.6) is 5.75 Å². The van der Waals surface area contributed by atoms with E-state index in [-0.39, 0.29) is 5.91 Å². The number of hydrogen-bond donors (Lipinski definition) is 3. The number of ether oxygens (including phenoxy) is 1. The van der Waals surface area contributed by atoms with Crippen LogP contribution in [0.2, 0.25) is 0 Å². The summed E-state index contributed by atoms with van der Waals surface area (Å²) >= 11 is 0. The normalized spacial score (nSPS) is 15.4. The molecule has 0 bridgehead atoms. The lowest BCUT2D eigenvalue weighted by molar-refractivity contribution is -0.121. The van der Waals surface area contributed by atoms with Crippen molar-refractivity contribution < 1.29 is 9.53 Å². The number of nitrogens with zero attached hydrogens (tertiary/aromatic N) is 1. The van der Waals surface area contributed by atoms with Crippen molar-refractivity contribution >= 4 is 17.6 Å². The number of guanidine groups is 1. The van der Waals surface area contributed by atoms with E-state index in [0.29, 0.717) is 31.4 Å². The van der Waals surface area contributed by atoms with Gasteiger partial charge in [-0.3, -0.25) is 9.79 Å². The second kappa shape index (κ2) is 9.02. The summed E-state index contributed by atoms with van der Waals surface area (Å²) in [4.78, 5) is 16.0. The highest BCUT2D eigenvalue weighted by Crippen LogP contribution is 2.27. The molecule has 1 aliphatic carbocycles. The first-order valence-corrected chi connectivity index (χ1v) is 8.15. The number of methoxy groups -OCH3 is 1. The zero-order valence-electron chi connectivity index (χ0n) is 13.7. The molecule has 6 heteroatoms. The van der Waals surface area contributed by atoms with Crippen molar-refractivity contribution in [3.05, 3.63) is 24.3 Å². The molecular weight excluding hydrogens is 292 g/mol. The van der Waals surface area contributed by atoms with Gasteiger partial charge in [0, 0.05) is 24.7 Å². The van der Waals surface area contributed by atoms with E-state index in [9.17, 15) is 4.79 Å². The Bertz CT molecular complexity index is 539. The van der Waals surface area contributed by atoms with Crippen LogP contribution in [0.4, 0.5) is 5.69 Å². The average molecular weight is 318 g/mol. The van der Waals surface area contributed by atoms with Gasteiger partial charge in [-0.15, -0.1) is 0 Å². The van der Waals surface area contributed by atoms with E-state index >= 15 is 0 Å². The molecule has 0 heterocycles. The summed E-state index contributed by atoms with van der Waals surface area (Å²) in [5, 5.41) is 5.90. The Balaban J connectivity index is 1.66. The predicted octanol–water partition coefficient (Wildman–Crippen LogP) is 2.12. The van der Waals surface area contributed by atoms with Gasteiger partial charge in [0.05, 0.1) is 13.7 Å². The first-order valence-electron chi connectivity index (χ1n) is 8.15. The molecule has 0 spiro atoms. The predicted molar refractivity (Wildman–Crippen MR) is 92.7 cm³/mol. The molecule has 126 valence electrons. The van der Waals surface area contributed by atoms with Gasteiger partial charge in [-0.1, -0.05) is 18.9 Å². The highest BCUT2D eigenvalue weighted by molar-refractivity contribution is 5.92. The molecule has 0 unspecified atom stereocenters. The monoisotopic (exact) mass is 318 g/mol. The Morgan fingerprint density at radius 1 is 1.39 bits per heavy atom. The molecule has 1 amide bonds. The number of aliphatic imine (C=N–C) groups is 1. The van der Waals surface area contributed by atoms with E-state index < -0.39 is 0 Å². The maximum absolute atomic E-state index is 11.8. The third-order valence-corrected chi connectivity index (χ3v) is 4.01. The van der Waals surface area contributed by atoms with Gasteiger partial charge in [0.15, 0.2) is 5.96 Å². The van der Waals surface area contributed by atoms with E-state index in [1.807, 2.05) is 24.3 Å². The second-order valence-electron chi connectivity index (χ2n) is 5.83. The highest BCUT2D eigenvalue weighted by Gasteiger charge is 2.17. The fourth-order valence-electron chi connectivity index (χ4n) is 2.81. The molecule has 0 radical (unpaired) electrons. The lowest BCUT2D eigenvalue weighted by atomic mass is 10.0. The fourth-order valence-corrected chi connectivity index (χ4v) is 2.81. The summed E-state index contributed by atoms with van der Waals surface area (Å²) in [5.41, 5.74) is 6.65. The molecular formula is C17H26N4O2. The molecule has 1 aliphatic rings. The van der Waals surface area contributed by atoms with E-state index in [0.717, 1.165) is 11.4 Å². The zero-order valence-corrected chi connectivity index (χ0v) is 13.7. The number of nitrogens with two attached hydrogens (primary N) is 1. The van der Waals surface area contributed by atoms with Crippen molar-refractivity contribution in [3.63, 3.8) is 0 Å². The molecule has 0 saturated heterocycles. The Labute approximate surface area is 137 Å². The van der Waals surface area contributed by atoms with Crippen LogP contribution in [0.1, 0.15) is 32.1 Å². The molecule has 2 rings (SSSR count). The van der Waals surface area contributed by atoms with Crippen LogP contribution in [-0.4, -0.2) is 32.1 Å². The van der Waals surface area contributed by atoms with Crippen molar-refractivity contribution in [2.24, 2.45) is 16.6 Å². The van der Waals surface area contributed by atoms with Crippen molar-refractivity contribution in [1.29, 1.82) is 0 Å². The maximum atomic E-state index is 11.8. The third kappa shape index (κ3) is 6.18. The van der Waals surface area contributed by atoms with Crippen molar-refractivity contribution in [3.8, 4) is 5.75 Å². The second-order valence-corrected chi connectivity index (χ2v) is 5.83. The minimum atomic E-state index is 0.117. The SMILES string of the molecule is COc1cccc(NC(N)=NCCNC(=O)CC2CCCC2)c1. The summed E-state index contributed by atoms with van der Waals surface area (Å²) in [6.07, 6.45) is 5.52. The summed E-state index contributed by atoms with van der Waals surface area (Å²) in [5.74, 6) is 1.76. The van der Waals surface area contributed by atoms with Gasteiger partial charge in [-0.2, -0.15) is 0 Å². The van der Waals surface area contributed by atoms with Crippen LogP contribution in [0.3, 0.4) is 0 Å². The topological polar surface area (TPSA) is 88.7 Å². The number of rotatable bonds is 7. The molecule has 1 fully saturated rings. The first kappa shape index (κ1) is 17.1. The Morgan fingerprint density at radius 3 is 2.91 bits per heavy atom. The summed E-state index contributed by atoms with van der Waals surface area (Å²) in [6.45, 7) is 0.964. The number of carbonyl (C=O) groups excluding carboxylic acids is 1. The van der Waals surface area contributed by atoms with Crippen LogP contribution in [0, 0.1) is 5.92 Å². The molecule has 0 aliphatic heterocycles. The van der Waals surface area contributed by atoms with Gasteiger partial charge in [0.1, 0.15) is 5.75 Å². The molecule has 0 atom stereocenters. The van der Waals surface area contributed by atoms with Crippen LogP contribution >= 0.6 is 0 Å². The van der Waals surface area contributed by atoms with E-state index in [4.69, 9.17) is 10.5 Å². The van der Waals surface area contributed by atoms with Gasteiger partial charge in [-0.05, 0) is 30.9 Å². The van der Waals surface area contributed by atoms with E-state index in [1.165, 1.54) is 25.7 Å². The van der Waals surface area contributed by atoms with Gasteiger partial charge < -0.3 is 21.1 Å². The third-order valence-electron chi connectivity index (χ3n) is 4.01. The number of benzene rings is 1. The maximum Gasteiger partial charge on any atom is 0.220 e. The van der Waals surface area contributed by atoms with Crippen LogP contribution < -0.4 is 21.1 Å². The molecule has 4 N–H and O–H groups in total. The van der Waals surface area contributed by atoms with E-state index in [1.54, 1.807) is 7.11 Å². The van der Waals surface area contributed by atoms with Crippen molar-refractivity contribution in [2.45, 2.75) is 32.1 Å². The largest absolute Gasteiger partial charge is 0.497 e. The summed E-state index contributed by atoms with van der Waals surface area (Å²) in [6, 6.07) is 7.45. The van der Waals surface area contributed by atoms with Gasteiger partial charge in [-0.25, -0.2) is 0 Å². The quantitative estimate of drug-likeness (QED) is 0.408. The van der Waals surface area contributed by atoms with Gasteiger partial charge >= 0.3 is 0 Å². The lowest BCUT2D eigenvalue weighted by Crippen LogP contribution is -2.29.